The zero-order valence-corrected chi connectivity index (χ0v) is 22.9. The number of hydrogen-bond donors (Lipinski definition) is 1. The van der Waals surface area contributed by atoms with Crippen molar-refractivity contribution in [2.24, 2.45) is 0 Å². The Morgan fingerprint density at radius 3 is 2.56 bits per heavy atom. The smallest absolute Gasteiger partial charge is 0.412 e. The minimum atomic E-state index is -0.408. The molecule has 0 bridgehead atoms. The van der Waals surface area contributed by atoms with Crippen molar-refractivity contribution in [3.05, 3.63) is 82.5 Å². The number of carbonyl (C=O) groups is 1. The molecule has 4 rings (SSSR count). The number of benzene rings is 3. The van der Waals surface area contributed by atoms with Crippen LogP contribution < -0.4 is 20.2 Å². The first-order chi connectivity index (χ1) is 19.0. The van der Waals surface area contributed by atoms with E-state index in [1.54, 1.807) is 30.3 Å². The number of carbonyl (C=O) groups excluding carboxylic acids is 1. The number of nitrogens with zero attached hydrogens (tertiary/aromatic N) is 1. The van der Waals surface area contributed by atoms with Crippen LogP contribution in [0.25, 0.3) is 21.9 Å². The van der Waals surface area contributed by atoms with Gasteiger partial charge in [0.2, 0.25) is 5.43 Å². The molecule has 4 aromatic rings. The van der Waals surface area contributed by atoms with Gasteiger partial charge >= 0.3 is 6.09 Å². The number of unbranched alkanes of at least 4 members (excludes halogenated alkanes) is 4. The summed E-state index contributed by atoms with van der Waals surface area (Å²) in [5, 5.41) is 3.96. The van der Waals surface area contributed by atoms with Crippen molar-refractivity contribution in [2.75, 3.05) is 26.7 Å². The van der Waals surface area contributed by atoms with E-state index in [0.29, 0.717) is 46.6 Å². The molecule has 7 nitrogen and oxygen atoms in total. The first-order valence-corrected chi connectivity index (χ1v) is 13.8. The van der Waals surface area contributed by atoms with Crippen LogP contribution in [-0.2, 0) is 6.54 Å². The van der Waals surface area contributed by atoms with Crippen LogP contribution in [0.4, 0.5) is 4.79 Å². The van der Waals surface area contributed by atoms with Gasteiger partial charge in [-0.25, -0.2) is 4.79 Å². The van der Waals surface area contributed by atoms with Crippen molar-refractivity contribution in [2.45, 2.75) is 52.0 Å². The topological polar surface area (TPSA) is 81.0 Å². The quantitative estimate of drug-likeness (QED) is 0.141. The molecule has 0 saturated carbocycles. The first-order valence-electron chi connectivity index (χ1n) is 13.8. The van der Waals surface area contributed by atoms with Gasteiger partial charge in [-0.15, -0.1) is 0 Å². The van der Waals surface area contributed by atoms with Gasteiger partial charge in [-0.1, -0.05) is 56.9 Å². The highest BCUT2D eigenvalue weighted by Crippen LogP contribution is 2.23. The lowest BCUT2D eigenvalue weighted by atomic mass is 10.1. The number of amides is 1. The standard InChI is InChI=1S/C32H38N2O5/c1-3-4-5-6-9-18-33-32(36)38-26-13-10-12-24(21-26)23-34(2)19-11-20-37-25-16-17-28-30(22-25)39-29-15-8-7-14-27(29)31(28)35/h7-8,10,12-17,21-22H,3-6,9,11,18-20,23H2,1-2H3,(H,33,36). The van der Waals surface area contributed by atoms with E-state index in [-0.39, 0.29) is 5.43 Å². The molecule has 0 fully saturated rings. The van der Waals surface area contributed by atoms with Crippen LogP contribution in [0.15, 0.2) is 75.9 Å². The average Bonchev–Trinajstić information content (AvgIpc) is 2.93. The summed E-state index contributed by atoms with van der Waals surface area (Å²) in [4.78, 5) is 27.0. The van der Waals surface area contributed by atoms with E-state index in [9.17, 15) is 9.59 Å². The number of ether oxygens (including phenoxy) is 2. The van der Waals surface area contributed by atoms with Crippen LogP contribution in [0.2, 0.25) is 0 Å². The fourth-order valence-electron chi connectivity index (χ4n) is 4.56. The van der Waals surface area contributed by atoms with Gasteiger partial charge in [0.05, 0.1) is 17.4 Å². The number of para-hydroxylation sites is 1. The molecule has 7 heteroatoms. The molecule has 206 valence electrons. The maximum Gasteiger partial charge on any atom is 0.412 e. The van der Waals surface area contributed by atoms with E-state index in [1.165, 1.54) is 19.3 Å². The molecule has 0 aliphatic rings. The van der Waals surface area contributed by atoms with Gasteiger partial charge in [0.25, 0.3) is 0 Å². The summed E-state index contributed by atoms with van der Waals surface area (Å²) in [6, 6.07) is 20.2. The number of hydrogen-bond acceptors (Lipinski definition) is 6. The summed E-state index contributed by atoms with van der Waals surface area (Å²) in [6.07, 6.45) is 6.16. The van der Waals surface area contributed by atoms with E-state index in [0.717, 1.165) is 37.9 Å². The molecule has 1 heterocycles. The molecule has 0 radical (unpaired) electrons. The van der Waals surface area contributed by atoms with E-state index in [1.807, 2.05) is 36.4 Å². The van der Waals surface area contributed by atoms with Crippen molar-refractivity contribution in [3.63, 3.8) is 0 Å². The summed E-state index contributed by atoms with van der Waals surface area (Å²) < 4.78 is 17.3. The van der Waals surface area contributed by atoms with Gasteiger partial charge in [0.1, 0.15) is 22.7 Å². The van der Waals surface area contributed by atoms with Crippen LogP contribution >= 0.6 is 0 Å². The van der Waals surface area contributed by atoms with Gasteiger partial charge in [0, 0.05) is 25.7 Å². The van der Waals surface area contributed by atoms with Gasteiger partial charge in [-0.3, -0.25) is 4.79 Å². The Morgan fingerprint density at radius 2 is 1.69 bits per heavy atom. The van der Waals surface area contributed by atoms with Crippen molar-refractivity contribution in [1.29, 1.82) is 0 Å². The maximum atomic E-state index is 12.7. The Kier molecular flexibility index (Phi) is 10.4. The third-order valence-corrected chi connectivity index (χ3v) is 6.61. The summed E-state index contributed by atoms with van der Waals surface area (Å²) in [7, 11) is 2.05. The summed E-state index contributed by atoms with van der Waals surface area (Å²) in [5.74, 6) is 1.22. The second-order valence-corrected chi connectivity index (χ2v) is 9.90. The van der Waals surface area contributed by atoms with Gasteiger partial charge < -0.3 is 24.1 Å². The average molecular weight is 531 g/mol. The number of nitrogens with one attached hydrogen (secondary N) is 1. The summed E-state index contributed by atoms with van der Waals surface area (Å²) in [5.41, 5.74) is 2.13. The molecular formula is C32H38N2O5. The molecule has 0 saturated heterocycles. The van der Waals surface area contributed by atoms with Gasteiger partial charge in [-0.05, 0) is 61.9 Å². The molecule has 3 aromatic carbocycles. The largest absolute Gasteiger partial charge is 0.493 e. The molecular weight excluding hydrogens is 492 g/mol. The normalized spacial score (nSPS) is 11.3. The Morgan fingerprint density at radius 1 is 0.872 bits per heavy atom. The molecule has 1 amide bonds. The zero-order valence-electron chi connectivity index (χ0n) is 22.9. The van der Waals surface area contributed by atoms with E-state index < -0.39 is 6.09 Å². The highest BCUT2D eigenvalue weighted by Gasteiger charge is 2.09. The fourth-order valence-corrected chi connectivity index (χ4v) is 4.56. The van der Waals surface area contributed by atoms with E-state index >= 15 is 0 Å². The lowest BCUT2D eigenvalue weighted by molar-refractivity contribution is 0.200. The minimum absolute atomic E-state index is 0.0343. The van der Waals surface area contributed by atoms with Gasteiger partial charge in [0.15, 0.2) is 0 Å². The second-order valence-electron chi connectivity index (χ2n) is 9.90. The van der Waals surface area contributed by atoms with Crippen molar-refractivity contribution in [1.82, 2.24) is 10.2 Å². The maximum absolute atomic E-state index is 12.7. The third-order valence-electron chi connectivity index (χ3n) is 6.61. The van der Waals surface area contributed by atoms with Crippen molar-refractivity contribution < 1.29 is 18.7 Å². The van der Waals surface area contributed by atoms with Crippen LogP contribution in [0.3, 0.4) is 0 Å². The Bertz CT molecular complexity index is 1430. The van der Waals surface area contributed by atoms with E-state index in [2.05, 4.69) is 24.2 Å². The predicted octanol–water partition coefficient (Wildman–Crippen LogP) is 6.91. The van der Waals surface area contributed by atoms with Crippen LogP contribution in [0.5, 0.6) is 11.5 Å². The summed E-state index contributed by atoms with van der Waals surface area (Å²) >= 11 is 0. The van der Waals surface area contributed by atoms with Gasteiger partial charge in [-0.2, -0.15) is 0 Å². The Balaban J connectivity index is 1.20. The molecule has 0 unspecified atom stereocenters. The van der Waals surface area contributed by atoms with Crippen LogP contribution in [-0.4, -0.2) is 37.7 Å². The molecule has 0 aliphatic carbocycles. The molecule has 1 aromatic heterocycles. The molecule has 0 atom stereocenters. The number of fused-ring (bicyclic) bond motifs is 2. The minimum Gasteiger partial charge on any atom is -0.493 e. The predicted molar refractivity (Wildman–Crippen MR) is 156 cm³/mol. The van der Waals surface area contributed by atoms with Crippen LogP contribution in [0, 0.1) is 0 Å². The lowest BCUT2D eigenvalue weighted by Crippen LogP contribution is -2.27. The SMILES string of the molecule is CCCCCCCNC(=O)Oc1cccc(CN(C)CCCOc2ccc3c(=O)c4ccccc4oc3c2)c1. The number of rotatable bonds is 14. The zero-order chi connectivity index (χ0) is 27.5. The lowest BCUT2D eigenvalue weighted by Gasteiger charge is -2.17. The second kappa shape index (κ2) is 14.4. The summed E-state index contributed by atoms with van der Waals surface area (Å²) in [6.45, 7) is 4.92. The fraction of sp³-hybridized carbons (Fsp3) is 0.375. The Hall–Kier alpha value is -3.84. The third kappa shape index (κ3) is 8.32. The van der Waals surface area contributed by atoms with Crippen molar-refractivity contribution >= 4 is 28.0 Å². The van der Waals surface area contributed by atoms with E-state index in [4.69, 9.17) is 13.9 Å². The molecule has 1 N–H and O–H groups in total. The van der Waals surface area contributed by atoms with Crippen LogP contribution in [0.1, 0.15) is 51.0 Å². The molecule has 0 aliphatic heterocycles. The molecule has 0 spiro atoms. The highest BCUT2D eigenvalue weighted by atomic mass is 16.6. The Labute approximate surface area is 229 Å². The first kappa shape index (κ1) is 28.2. The van der Waals surface area contributed by atoms with Crippen molar-refractivity contribution in [3.8, 4) is 11.5 Å². The monoisotopic (exact) mass is 530 g/mol. The highest BCUT2D eigenvalue weighted by molar-refractivity contribution is 5.90. The molecule has 39 heavy (non-hydrogen) atoms.